The Morgan fingerprint density at radius 1 is 1.21 bits per heavy atom. The Balaban J connectivity index is 1.46. The first kappa shape index (κ1) is 18.4. The van der Waals surface area contributed by atoms with Crippen LogP contribution in [0.15, 0.2) is 30.6 Å². The van der Waals surface area contributed by atoms with Gasteiger partial charge in [0.05, 0.1) is 6.61 Å². The smallest absolute Gasteiger partial charge is 0.248 e. The van der Waals surface area contributed by atoms with E-state index in [1.54, 1.807) is 0 Å². The number of pyridine rings is 1. The van der Waals surface area contributed by atoms with Gasteiger partial charge in [0.15, 0.2) is 0 Å². The molecule has 150 valence electrons. The third kappa shape index (κ3) is 2.46. The highest BCUT2D eigenvalue weighted by molar-refractivity contribution is 5.78. The fourth-order valence-corrected chi connectivity index (χ4v) is 7.45. The Morgan fingerprint density at radius 3 is 2.86 bits per heavy atom. The van der Waals surface area contributed by atoms with Crippen molar-refractivity contribution in [3.8, 4) is 0 Å². The molecule has 0 radical (unpaired) electrons. The zero-order valence-corrected chi connectivity index (χ0v) is 17.4. The van der Waals surface area contributed by atoms with Crippen LogP contribution in [0, 0.1) is 28.6 Å². The number of hydrogen-bond donors (Lipinski definition) is 0. The van der Waals surface area contributed by atoms with E-state index in [0.29, 0.717) is 17.9 Å². The molecule has 1 amide bonds. The number of allylic oxidation sites excluding steroid dienone is 2. The lowest BCUT2D eigenvalue weighted by Gasteiger charge is -2.59. The van der Waals surface area contributed by atoms with E-state index in [1.165, 1.54) is 36.8 Å². The maximum atomic E-state index is 12.4. The fraction of sp³-hybridized carbons (Fsp3) is 0.667. The summed E-state index contributed by atoms with van der Waals surface area (Å²) in [6, 6.07) is 4.59. The summed E-state index contributed by atoms with van der Waals surface area (Å²) in [5, 5.41) is 0. The summed E-state index contributed by atoms with van der Waals surface area (Å²) in [5.74, 6) is 2.20. The molecule has 1 aliphatic heterocycles. The van der Waals surface area contributed by atoms with Crippen molar-refractivity contribution in [2.75, 3.05) is 20.3 Å². The summed E-state index contributed by atoms with van der Waals surface area (Å²) in [7, 11) is 1.99. The van der Waals surface area contributed by atoms with E-state index in [1.807, 2.05) is 24.3 Å². The second-order valence-corrected chi connectivity index (χ2v) is 10.0. The van der Waals surface area contributed by atoms with Gasteiger partial charge in [-0.2, -0.15) is 0 Å². The second-order valence-electron chi connectivity index (χ2n) is 10.0. The molecule has 3 fully saturated rings. The van der Waals surface area contributed by atoms with Crippen LogP contribution in [-0.4, -0.2) is 42.1 Å². The Kier molecular flexibility index (Phi) is 4.20. The molecule has 28 heavy (non-hydrogen) atoms. The summed E-state index contributed by atoms with van der Waals surface area (Å²) >= 11 is 0. The summed E-state index contributed by atoms with van der Waals surface area (Å²) in [6.07, 6.45) is 12.4. The second kappa shape index (κ2) is 6.41. The predicted molar refractivity (Wildman–Crippen MR) is 109 cm³/mol. The van der Waals surface area contributed by atoms with Gasteiger partial charge in [0.25, 0.3) is 0 Å². The number of rotatable bonds is 1. The maximum absolute atomic E-state index is 12.4. The minimum Gasteiger partial charge on any atom is -0.371 e. The molecule has 4 nitrogen and oxygen atoms in total. The van der Waals surface area contributed by atoms with Crippen LogP contribution in [0.3, 0.4) is 0 Å². The molecule has 1 aromatic heterocycles. The van der Waals surface area contributed by atoms with Gasteiger partial charge in [-0.3, -0.25) is 9.78 Å². The molecule has 0 aromatic carbocycles. The van der Waals surface area contributed by atoms with Crippen molar-refractivity contribution < 1.29 is 9.53 Å². The van der Waals surface area contributed by atoms with Crippen molar-refractivity contribution >= 4 is 11.5 Å². The Morgan fingerprint density at radius 2 is 2.07 bits per heavy atom. The standard InChI is InChI=1S/C24H32N2O2/c1-23-11-10-20-17(19(23)8-7-18(23)16-5-4-12-25-13-16)6-9-21-24(20,2)15-28-14-22(27)26(21)3/h4-5,7,12-13,17,19-21H,6,8-11,14-15H2,1-3H3/t17-,19-,20?,21?,23+,24+/m0/s1. The quantitative estimate of drug-likeness (QED) is 0.734. The van der Waals surface area contributed by atoms with Crippen LogP contribution in [0.2, 0.25) is 0 Å². The van der Waals surface area contributed by atoms with E-state index in [9.17, 15) is 4.79 Å². The number of ether oxygens (including phenoxy) is 1. The molecule has 0 spiro atoms. The first-order valence-corrected chi connectivity index (χ1v) is 10.9. The summed E-state index contributed by atoms with van der Waals surface area (Å²) in [5.41, 5.74) is 3.14. The van der Waals surface area contributed by atoms with Crippen molar-refractivity contribution in [3.63, 3.8) is 0 Å². The molecule has 1 saturated heterocycles. The van der Waals surface area contributed by atoms with E-state index in [2.05, 4.69) is 37.0 Å². The zero-order valence-electron chi connectivity index (χ0n) is 17.4. The van der Waals surface area contributed by atoms with Gasteiger partial charge in [0.2, 0.25) is 5.91 Å². The summed E-state index contributed by atoms with van der Waals surface area (Å²) in [6.45, 7) is 5.86. The third-order valence-electron chi connectivity index (χ3n) is 8.87. The van der Waals surface area contributed by atoms with Gasteiger partial charge < -0.3 is 9.64 Å². The number of nitrogens with zero attached hydrogens (tertiary/aromatic N) is 2. The Labute approximate surface area is 168 Å². The fourth-order valence-electron chi connectivity index (χ4n) is 7.45. The average Bonchev–Trinajstić information content (AvgIpc) is 3.00. The molecule has 3 aliphatic carbocycles. The lowest BCUT2D eigenvalue weighted by molar-refractivity contribution is -0.137. The molecule has 2 saturated carbocycles. The Hall–Kier alpha value is -1.68. The molecule has 5 rings (SSSR count). The lowest BCUT2D eigenvalue weighted by Crippen LogP contribution is -2.58. The highest BCUT2D eigenvalue weighted by Crippen LogP contribution is 2.65. The molecule has 2 unspecified atom stereocenters. The molecule has 0 N–H and O–H groups in total. The molecular formula is C24H32N2O2. The molecule has 2 heterocycles. The van der Waals surface area contributed by atoms with Crippen LogP contribution < -0.4 is 0 Å². The van der Waals surface area contributed by atoms with E-state index in [0.717, 1.165) is 18.9 Å². The van der Waals surface area contributed by atoms with Crippen molar-refractivity contribution in [1.29, 1.82) is 0 Å². The zero-order chi connectivity index (χ0) is 19.5. The minimum absolute atomic E-state index is 0.0716. The van der Waals surface area contributed by atoms with Crippen molar-refractivity contribution in [3.05, 3.63) is 36.2 Å². The van der Waals surface area contributed by atoms with Crippen LogP contribution in [-0.2, 0) is 9.53 Å². The minimum atomic E-state index is 0.0716. The summed E-state index contributed by atoms with van der Waals surface area (Å²) in [4.78, 5) is 18.8. The monoisotopic (exact) mass is 380 g/mol. The van der Waals surface area contributed by atoms with Crippen molar-refractivity contribution in [2.45, 2.75) is 52.0 Å². The van der Waals surface area contributed by atoms with E-state index < -0.39 is 0 Å². The van der Waals surface area contributed by atoms with Gasteiger partial charge in [-0.15, -0.1) is 0 Å². The van der Waals surface area contributed by atoms with E-state index in [4.69, 9.17) is 4.74 Å². The van der Waals surface area contributed by atoms with Crippen LogP contribution in [0.25, 0.3) is 5.57 Å². The van der Waals surface area contributed by atoms with Gasteiger partial charge in [-0.1, -0.05) is 26.0 Å². The van der Waals surface area contributed by atoms with Gasteiger partial charge in [-0.05, 0) is 72.5 Å². The molecule has 1 aromatic rings. The highest BCUT2D eigenvalue weighted by Gasteiger charge is 2.59. The van der Waals surface area contributed by atoms with Crippen LogP contribution in [0.5, 0.6) is 0 Å². The molecule has 4 heteroatoms. The van der Waals surface area contributed by atoms with Crippen LogP contribution in [0.1, 0.15) is 51.5 Å². The summed E-state index contributed by atoms with van der Waals surface area (Å²) < 4.78 is 5.91. The van der Waals surface area contributed by atoms with Gasteiger partial charge in [0.1, 0.15) is 6.61 Å². The molecular weight excluding hydrogens is 348 g/mol. The SMILES string of the molecule is CN1C(=O)COC[C@]2(C)C3CC[C@]4(C)C(c5cccnc5)=CC[C@H]4[C@@H]3CCC12. The van der Waals surface area contributed by atoms with E-state index in [-0.39, 0.29) is 23.3 Å². The maximum Gasteiger partial charge on any atom is 0.248 e. The Bertz CT molecular complexity index is 806. The number of fused-ring (bicyclic) bond motifs is 5. The molecule has 6 atom stereocenters. The number of hydrogen-bond acceptors (Lipinski definition) is 3. The number of likely N-dealkylation sites (N-methyl/N-ethyl adjacent to an activating group) is 1. The first-order valence-electron chi connectivity index (χ1n) is 10.9. The average molecular weight is 381 g/mol. The third-order valence-corrected chi connectivity index (χ3v) is 8.87. The van der Waals surface area contributed by atoms with Crippen molar-refractivity contribution in [2.24, 2.45) is 28.6 Å². The lowest BCUT2D eigenvalue weighted by atomic mass is 9.48. The normalized spacial score (nSPS) is 42.9. The number of carbonyl (C=O) groups excluding carboxylic acids is 1. The molecule has 0 bridgehead atoms. The van der Waals surface area contributed by atoms with Crippen LogP contribution in [0.4, 0.5) is 0 Å². The highest BCUT2D eigenvalue weighted by atomic mass is 16.5. The van der Waals surface area contributed by atoms with Crippen molar-refractivity contribution in [1.82, 2.24) is 9.88 Å². The number of aromatic nitrogens is 1. The van der Waals surface area contributed by atoms with Crippen LogP contribution >= 0.6 is 0 Å². The number of amides is 1. The van der Waals surface area contributed by atoms with Gasteiger partial charge in [0, 0.05) is 30.9 Å². The first-order chi connectivity index (χ1) is 13.4. The predicted octanol–water partition coefficient (Wildman–Crippen LogP) is 4.17. The largest absolute Gasteiger partial charge is 0.371 e. The van der Waals surface area contributed by atoms with E-state index >= 15 is 0 Å². The molecule has 4 aliphatic rings. The van der Waals surface area contributed by atoms with Gasteiger partial charge >= 0.3 is 0 Å². The topological polar surface area (TPSA) is 42.4 Å². The number of carbonyl (C=O) groups is 1. The van der Waals surface area contributed by atoms with Gasteiger partial charge in [-0.25, -0.2) is 0 Å².